The molecular weight excluding hydrogens is 408 g/mol. The van der Waals surface area contributed by atoms with Crippen LogP contribution >= 0.6 is 12.2 Å². The van der Waals surface area contributed by atoms with Gasteiger partial charge in [0.15, 0.2) is 5.11 Å². The number of benzene rings is 4. The first-order chi connectivity index (χ1) is 15.7. The van der Waals surface area contributed by atoms with Crippen LogP contribution in [-0.2, 0) is 13.1 Å². The van der Waals surface area contributed by atoms with Gasteiger partial charge in [-0.15, -0.1) is 0 Å². The van der Waals surface area contributed by atoms with Crippen LogP contribution in [0.1, 0.15) is 35.1 Å². The van der Waals surface area contributed by atoms with Crippen molar-refractivity contribution in [1.82, 2.24) is 4.90 Å². The molecule has 0 aliphatic carbocycles. The van der Waals surface area contributed by atoms with Gasteiger partial charge in [0.1, 0.15) is 0 Å². The van der Waals surface area contributed by atoms with E-state index in [1.165, 1.54) is 22.3 Å². The zero-order valence-electron chi connectivity index (χ0n) is 18.3. The zero-order chi connectivity index (χ0) is 22.2. The number of nitrogens with zero attached hydrogens (tertiary/aromatic N) is 1. The predicted molar refractivity (Wildman–Crippen MR) is 139 cm³/mol. The zero-order valence-corrected chi connectivity index (χ0v) is 19.1. The molecule has 0 aromatic heterocycles. The fourth-order valence-corrected chi connectivity index (χ4v) is 4.05. The van der Waals surface area contributed by atoms with Crippen molar-refractivity contribution in [1.29, 1.82) is 0 Å². The summed E-state index contributed by atoms with van der Waals surface area (Å²) in [6, 6.07) is 40.1. The highest BCUT2D eigenvalue weighted by Crippen LogP contribution is 2.25. The van der Waals surface area contributed by atoms with E-state index in [1.54, 1.807) is 0 Å². The Morgan fingerprint density at radius 1 is 0.656 bits per heavy atom. The molecule has 32 heavy (non-hydrogen) atoms. The van der Waals surface area contributed by atoms with Crippen molar-refractivity contribution in [3.8, 4) is 0 Å². The topological polar surface area (TPSA) is 15.3 Å². The Balaban J connectivity index is 1.47. The summed E-state index contributed by atoms with van der Waals surface area (Å²) in [5.74, 6) is 0.352. The summed E-state index contributed by atoms with van der Waals surface area (Å²) in [4.78, 5) is 2.21. The first kappa shape index (κ1) is 21.8. The highest BCUT2D eigenvalue weighted by atomic mass is 32.1. The largest absolute Gasteiger partial charge is 0.340 e. The van der Waals surface area contributed by atoms with Gasteiger partial charge in [-0.1, -0.05) is 110 Å². The molecule has 3 heteroatoms. The van der Waals surface area contributed by atoms with Crippen LogP contribution < -0.4 is 5.32 Å². The molecule has 0 fully saturated rings. The SMILES string of the molecule is CC(c1ccccc1)c1ccc(NC(=S)N(Cc2ccccc2)Cc2ccccc2)cc1. The summed E-state index contributed by atoms with van der Waals surface area (Å²) < 4.78 is 0. The molecule has 0 heterocycles. The van der Waals surface area contributed by atoms with Crippen molar-refractivity contribution in [3.05, 3.63) is 138 Å². The van der Waals surface area contributed by atoms with Gasteiger partial charge in [0.25, 0.3) is 0 Å². The second-order valence-electron chi connectivity index (χ2n) is 8.01. The summed E-state index contributed by atoms with van der Waals surface area (Å²) in [5.41, 5.74) is 6.09. The minimum Gasteiger partial charge on any atom is -0.340 e. The number of thiocarbonyl (C=S) groups is 1. The number of rotatable bonds is 7. The summed E-state index contributed by atoms with van der Waals surface area (Å²) in [5, 5.41) is 4.17. The van der Waals surface area contributed by atoms with Crippen LogP contribution in [0.15, 0.2) is 115 Å². The number of nitrogens with one attached hydrogen (secondary N) is 1. The smallest absolute Gasteiger partial charge is 0.174 e. The maximum atomic E-state index is 5.83. The van der Waals surface area contributed by atoms with E-state index in [9.17, 15) is 0 Å². The van der Waals surface area contributed by atoms with Gasteiger partial charge in [0, 0.05) is 24.7 Å². The van der Waals surface area contributed by atoms with E-state index in [4.69, 9.17) is 12.2 Å². The maximum Gasteiger partial charge on any atom is 0.174 e. The van der Waals surface area contributed by atoms with Gasteiger partial charge in [-0.25, -0.2) is 0 Å². The van der Waals surface area contributed by atoms with E-state index in [2.05, 4.69) is 120 Å². The molecule has 0 spiro atoms. The minimum atomic E-state index is 0.352. The lowest BCUT2D eigenvalue weighted by Crippen LogP contribution is -2.33. The van der Waals surface area contributed by atoms with Crippen molar-refractivity contribution < 1.29 is 0 Å². The standard InChI is InChI=1S/C29H28N2S/c1-23(26-15-9-4-10-16-26)27-17-19-28(20-18-27)30-29(32)31(21-24-11-5-2-6-12-24)22-25-13-7-3-8-14-25/h2-20,23H,21-22H2,1H3,(H,30,32). The molecule has 0 aliphatic rings. The van der Waals surface area contributed by atoms with Crippen LogP contribution in [0, 0.1) is 0 Å². The Morgan fingerprint density at radius 3 is 1.59 bits per heavy atom. The van der Waals surface area contributed by atoms with Crippen LogP contribution in [0.25, 0.3) is 0 Å². The molecule has 0 aliphatic heterocycles. The summed E-state index contributed by atoms with van der Waals surface area (Å²) in [6.45, 7) is 3.75. The normalized spacial score (nSPS) is 11.5. The lowest BCUT2D eigenvalue weighted by Gasteiger charge is -2.26. The van der Waals surface area contributed by atoms with Crippen molar-refractivity contribution in [2.24, 2.45) is 0 Å². The molecule has 4 aromatic rings. The number of hydrogen-bond donors (Lipinski definition) is 1. The van der Waals surface area contributed by atoms with Gasteiger partial charge in [0.2, 0.25) is 0 Å². The Morgan fingerprint density at radius 2 is 1.09 bits per heavy atom. The van der Waals surface area contributed by atoms with Gasteiger partial charge < -0.3 is 10.2 Å². The van der Waals surface area contributed by atoms with Crippen LogP contribution in [-0.4, -0.2) is 10.0 Å². The monoisotopic (exact) mass is 436 g/mol. The van der Waals surface area contributed by atoms with E-state index in [0.717, 1.165) is 23.9 Å². The van der Waals surface area contributed by atoms with Crippen molar-refractivity contribution in [2.45, 2.75) is 25.9 Å². The molecule has 1 N–H and O–H groups in total. The molecule has 2 nitrogen and oxygen atoms in total. The number of anilines is 1. The molecule has 160 valence electrons. The third-order valence-electron chi connectivity index (χ3n) is 5.68. The lowest BCUT2D eigenvalue weighted by molar-refractivity contribution is 0.413. The van der Waals surface area contributed by atoms with Gasteiger partial charge in [-0.2, -0.15) is 0 Å². The summed E-state index contributed by atoms with van der Waals surface area (Å²) in [7, 11) is 0. The quantitative estimate of drug-likeness (QED) is 0.307. The molecule has 4 rings (SSSR count). The Kier molecular flexibility index (Phi) is 7.31. The Hall–Kier alpha value is -3.43. The fourth-order valence-electron chi connectivity index (χ4n) is 3.80. The highest BCUT2D eigenvalue weighted by Gasteiger charge is 2.13. The van der Waals surface area contributed by atoms with E-state index < -0.39 is 0 Å². The van der Waals surface area contributed by atoms with Crippen molar-refractivity contribution in [2.75, 3.05) is 5.32 Å². The lowest BCUT2D eigenvalue weighted by atomic mass is 9.93. The molecule has 4 aromatic carbocycles. The van der Waals surface area contributed by atoms with Gasteiger partial charge in [-0.3, -0.25) is 0 Å². The predicted octanol–water partition coefficient (Wildman–Crippen LogP) is 7.24. The number of hydrogen-bond acceptors (Lipinski definition) is 1. The first-order valence-corrected chi connectivity index (χ1v) is 11.4. The van der Waals surface area contributed by atoms with Crippen LogP contribution in [0.2, 0.25) is 0 Å². The Bertz CT molecular complexity index is 1070. The molecule has 1 atom stereocenters. The Labute approximate surface area is 196 Å². The molecule has 0 radical (unpaired) electrons. The van der Waals surface area contributed by atoms with E-state index >= 15 is 0 Å². The average Bonchev–Trinajstić information content (AvgIpc) is 2.85. The maximum absolute atomic E-state index is 5.83. The fraction of sp³-hybridized carbons (Fsp3) is 0.138. The van der Waals surface area contributed by atoms with E-state index in [1.807, 2.05) is 12.1 Å². The molecule has 1 unspecified atom stereocenters. The molecule has 0 amide bonds. The molecule has 0 saturated carbocycles. The van der Waals surface area contributed by atoms with Crippen LogP contribution in [0.3, 0.4) is 0 Å². The van der Waals surface area contributed by atoms with Crippen LogP contribution in [0.5, 0.6) is 0 Å². The molecular formula is C29H28N2S. The second-order valence-corrected chi connectivity index (χ2v) is 8.40. The average molecular weight is 437 g/mol. The molecule has 0 saturated heterocycles. The van der Waals surface area contributed by atoms with Crippen LogP contribution in [0.4, 0.5) is 5.69 Å². The molecule has 0 bridgehead atoms. The third kappa shape index (κ3) is 5.83. The third-order valence-corrected chi connectivity index (χ3v) is 6.04. The summed E-state index contributed by atoms with van der Waals surface area (Å²) >= 11 is 5.83. The van der Waals surface area contributed by atoms with Crippen molar-refractivity contribution >= 4 is 23.0 Å². The first-order valence-electron chi connectivity index (χ1n) is 11.0. The van der Waals surface area contributed by atoms with Crippen molar-refractivity contribution in [3.63, 3.8) is 0 Å². The van der Waals surface area contributed by atoms with Gasteiger partial charge in [-0.05, 0) is 46.6 Å². The summed E-state index contributed by atoms with van der Waals surface area (Å²) in [6.07, 6.45) is 0. The van der Waals surface area contributed by atoms with E-state index in [-0.39, 0.29) is 0 Å². The second kappa shape index (κ2) is 10.7. The van der Waals surface area contributed by atoms with Gasteiger partial charge >= 0.3 is 0 Å². The highest BCUT2D eigenvalue weighted by molar-refractivity contribution is 7.80. The minimum absolute atomic E-state index is 0.352. The van der Waals surface area contributed by atoms with Gasteiger partial charge in [0.05, 0.1) is 0 Å². The van der Waals surface area contributed by atoms with E-state index in [0.29, 0.717) is 5.92 Å².